The van der Waals surface area contributed by atoms with Crippen LogP contribution >= 0.6 is 24.2 Å². The maximum atomic E-state index is 6.28. The van der Waals surface area contributed by atoms with Crippen molar-refractivity contribution in [3.05, 3.63) is 23.8 Å². The topological polar surface area (TPSA) is 21.3 Å². The Hall–Kier alpha value is -0.380. The molecule has 0 radical (unpaired) electrons. The summed E-state index contributed by atoms with van der Waals surface area (Å²) in [5, 5.41) is 3.93. The fraction of sp³-hybridized carbons (Fsp3) is 0.684. The van der Waals surface area contributed by atoms with Crippen LogP contribution in [0.3, 0.4) is 0 Å². The van der Waals surface area contributed by atoms with Crippen molar-refractivity contribution in [1.29, 1.82) is 0 Å². The fourth-order valence-electron chi connectivity index (χ4n) is 4.77. The Morgan fingerprint density at radius 2 is 1.91 bits per heavy atom. The van der Waals surface area contributed by atoms with E-state index in [1.165, 1.54) is 61.1 Å². The van der Waals surface area contributed by atoms with Crippen LogP contribution in [0.25, 0.3) is 0 Å². The number of hydrogen-bond donors (Lipinski definition) is 1. The fourth-order valence-corrected chi connectivity index (χ4v) is 5.22. The first-order valence-corrected chi connectivity index (χ1v) is 10.2. The third kappa shape index (κ3) is 3.38. The van der Waals surface area contributed by atoms with Crippen molar-refractivity contribution in [3.8, 4) is 0 Å². The van der Waals surface area contributed by atoms with Gasteiger partial charge in [-0.1, -0.05) is 19.3 Å². The molecule has 23 heavy (non-hydrogen) atoms. The minimum absolute atomic E-state index is 0. The molecule has 2 fully saturated rings. The highest BCUT2D eigenvalue weighted by Crippen LogP contribution is 2.48. The molecule has 0 unspecified atom stereocenters. The zero-order chi connectivity index (χ0) is 14.9. The van der Waals surface area contributed by atoms with Crippen LogP contribution in [-0.2, 0) is 4.74 Å². The Bertz CT molecular complexity index is 532. The lowest BCUT2D eigenvalue weighted by molar-refractivity contribution is -0.0459. The van der Waals surface area contributed by atoms with E-state index in [0.717, 1.165) is 12.5 Å². The van der Waals surface area contributed by atoms with Gasteiger partial charge in [0.2, 0.25) is 0 Å². The first-order chi connectivity index (χ1) is 10.9. The summed E-state index contributed by atoms with van der Waals surface area (Å²) < 4.78 is 6.28. The first kappa shape index (κ1) is 17.4. The molecule has 1 aromatic rings. The molecule has 1 N–H and O–H groups in total. The number of halogens is 1. The van der Waals surface area contributed by atoms with Crippen molar-refractivity contribution in [2.45, 2.75) is 62.0 Å². The van der Waals surface area contributed by atoms with E-state index in [1.54, 1.807) is 0 Å². The lowest BCUT2D eigenvalue weighted by Crippen LogP contribution is -2.46. The molecule has 1 aromatic carbocycles. The average molecular weight is 354 g/mol. The van der Waals surface area contributed by atoms with Crippen LogP contribution in [-0.4, -0.2) is 18.9 Å². The van der Waals surface area contributed by atoms with Crippen molar-refractivity contribution in [2.24, 2.45) is 11.8 Å². The molecule has 2 heterocycles. The highest BCUT2D eigenvalue weighted by atomic mass is 35.5. The van der Waals surface area contributed by atoms with Gasteiger partial charge < -0.3 is 10.1 Å². The monoisotopic (exact) mass is 353 g/mol. The van der Waals surface area contributed by atoms with Gasteiger partial charge in [-0.15, -0.1) is 24.2 Å². The van der Waals surface area contributed by atoms with Crippen LogP contribution in [0.15, 0.2) is 23.1 Å². The molecule has 3 atom stereocenters. The van der Waals surface area contributed by atoms with Crippen molar-refractivity contribution in [3.63, 3.8) is 0 Å². The molecule has 0 amide bonds. The number of anilines is 1. The molecule has 4 rings (SSSR count). The Labute approximate surface area is 150 Å². The zero-order valence-electron chi connectivity index (χ0n) is 13.9. The molecule has 1 saturated heterocycles. The van der Waals surface area contributed by atoms with Gasteiger partial charge in [-0.25, -0.2) is 0 Å². The summed E-state index contributed by atoms with van der Waals surface area (Å²) in [7, 11) is 0. The second-order valence-corrected chi connectivity index (χ2v) is 8.00. The van der Waals surface area contributed by atoms with E-state index in [0.29, 0.717) is 18.1 Å². The van der Waals surface area contributed by atoms with Crippen LogP contribution in [0, 0.1) is 11.8 Å². The number of benzene rings is 1. The van der Waals surface area contributed by atoms with E-state index in [2.05, 4.69) is 29.8 Å². The summed E-state index contributed by atoms with van der Waals surface area (Å²) in [6.07, 6.45) is 12.1. The molecule has 3 aliphatic rings. The third-order valence-corrected chi connectivity index (χ3v) is 6.60. The van der Waals surface area contributed by atoms with Crippen molar-refractivity contribution < 1.29 is 4.74 Å². The van der Waals surface area contributed by atoms with Crippen LogP contribution in [0.2, 0.25) is 0 Å². The van der Waals surface area contributed by atoms with Gasteiger partial charge in [-0.3, -0.25) is 0 Å². The van der Waals surface area contributed by atoms with Gasteiger partial charge >= 0.3 is 0 Å². The summed E-state index contributed by atoms with van der Waals surface area (Å²) in [6, 6.07) is 7.51. The van der Waals surface area contributed by atoms with Gasteiger partial charge in [0.05, 0.1) is 6.10 Å². The summed E-state index contributed by atoms with van der Waals surface area (Å²) in [4.78, 5) is 1.35. The molecule has 4 heteroatoms. The largest absolute Gasteiger partial charge is 0.381 e. The molecule has 0 bridgehead atoms. The van der Waals surface area contributed by atoms with Gasteiger partial charge in [0, 0.05) is 34.7 Å². The molecule has 1 aliphatic carbocycles. The molecule has 1 saturated carbocycles. The highest BCUT2D eigenvalue weighted by molar-refractivity contribution is 7.98. The number of ether oxygens (including phenoxy) is 1. The quantitative estimate of drug-likeness (QED) is 0.692. The van der Waals surface area contributed by atoms with E-state index in [9.17, 15) is 0 Å². The van der Waals surface area contributed by atoms with Gasteiger partial charge in [0.1, 0.15) is 0 Å². The maximum absolute atomic E-state index is 6.28. The Balaban J connectivity index is 0.00000156. The van der Waals surface area contributed by atoms with E-state index in [-0.39, 0.29) is 12.4 Å². The lowest BCUT2D eigenvalue weighted by atomic mass is 9.71. The number of thioether (sulfide) groups is 1. The van der Waals surface area contributed by atoms with Gasteiger partial charge in [-0.2, -0.15) is 0 Å². The Morgan fingerprint density at radius 3 is 2.70 bits per heavy atom. The molecule has 2 aliphatic heterocycles. The molecule has 0 aromatic heterocycles. The minimum atomic E-state index is 0. The first-order valence-electron chi connectivity index (χ1n) is 8.93. The molecular formula is C19H28ClNOS. The summed E-state index contributed by atoms with van der Waals surface area (Å²) in [6.45, 7) is 0.932. The van der Waals surface area contributed by atoms with Crippen LogP contribution in [0.5, 0.6) is 0 Å². The maximum Gasteiger partial charge on any atom is 0.0892 e. The molecule has 128 valence electrons. The normalized spacial score (nSPS) is 30.6. The third-order valence-electron chi connectivity index (χ3n) is 5.87. The van der Waals surface area contributed by atoms with Gasteiger partial charge in [0.25, 0.3) is 0 Å². The van der Waals surface area contributed by atoms with E-state index in [1.807, 2.05) is 11.8 Å². The predicted molar refractivity (Wildman–Crippen MR) is 101 cm³/mol. The SMILES string of the molecule is CSc1ccc2c(c1)[C@H]1OCCC[C@H]1[C@@H](C1CCCCC1)N2.Cl. The van der Waals surface area contributed by atoms with E-state index in [4.69, 9.17) is 4.74 Å². The number of nitrogens with one attached hydrogen (secondary N) is 1. The van der Waals surface area contributed by atoms with Crippen molar-refractivity contribution in [1.82, 2.24) is 0 Å². The summed E-state index contributed by atoms with van der Waals surface area (Å²) in [5.41, 5.74) is 2.74. The average Bonchev–Trinajstić information content (AvgIpc) is 2.61. The van der Waals surface area contributed by atoms with Crippen LogP contribution < -0.4 is 5.32 Å². The second-order valence-electron chi connectivity index (χ2n) is 7.12. The minimum Gasteiger partial charge on any atom is -0.381 e. The standard InChI is InChI=1S/C19H27NOS.ClH/c1-22-14-9-10-17-16(12-14)19-15(8-5-11-21-19)18(20-17)13-6-3-2-4-7-13;/h9-10,12-13,15,18-20H,2-8,11H2,1H3;1H/t15-,18+,19-;/m0./s1. The van der Waals surface area contributed by atoms with Crippen LogP contribution in [0.1, 0.15) is 56.6 Å². The lowest BCUT2D eigenvalue weighted by Gasteiger charge is -2.47. The molecule has 0 spiro atoms. The highest BCUT2D eigenvalue weighted by Gasteiger charge is 2.42. The smallest absolute Gasteiger partial charge is 0.0892 e. The number of rotatable bonds is 2. The second kappa shape index (κ2) is 7.67. The van der Waals surface area contributed by atoms with Gasteiger partial charge in [-0.05, 0) is 56.1 Å². The van der Waals surface area contributed by atoms with E-state index >= 15 is 0 Å². The summed E-state index contributed by atoms with van der Waals surface area (Å²) in [5.74, 6) is 1.51. The van der Waals surface area contributed by atoms with Gasteiger partial charge in [0.15, 0.2) is 0 Å². The zero-order valence-corrected chi connectivity index (χ0v) is 15.6. The van der Waals surface area contributed by atoms with E-state index < -0.39 is 0 Å². The van der Waals surface area contributed by atoms with Crippen molar-refractivity contribution in [2.75, 3.05) is 18.2 Å². The number of fused-ring (bicyclic) bond motifs is 3. The van der Waals surface area contributed by atoms with Crippen molar-refractivity contribution >= 4 is 29.9 Å². The Kier molecular flexibility index (Phi) is 5.82. The molecular weight excluding hydrogens is 326 g/mol. The van der Waals surface area contributed by atoms with Crippen LogP contribution in [0.4, 0.5) is 5.69 Å². The number of hydrogen-bond acceptors (Lipinski definition) is 3. The molecule has 2 nitrogen and oxygen atoms in total. The summed E-state index contributed by atoms with van der Waals surface area (Å²) >= 11 is 1.83. The predicted octanol–water partition coefficient (Wildman–Crippen LogP) is 5.67. The Morgan fingerprint density at radius 1 is 1.09 bits per heavy atom.